The van der Waals surface area contributed by atoms with E-state index in [4.69, 9.17) is 15.9 Å². The standard InChI is InChI=1S/C23H24N4O5S/c24-23(25)26-18-8-4-6-16(12-18)15-32-19-9-5-7-17(13-19)21(14-22(28)29)27-33(30,31)20-10-2-1-3-11-20/h1-13,21,27H,14-15H2,(H,28,29)(H4,24,25,26). The summed E-state index contributed by atoms with van der Waals surface area (Å²) in [6.07, 6.45) is -0.436. The lowest BCUT2D eigenvalue weighted by Gasteiger charge is -2.18. The molecule has 10 heteroatoms. The topological polar surface area (TPSA) is 155 Å². The van der Waals surface area contributed by atoms with E-state index in [0.717, 1.165) is 5.56 Å². The first-order valence-corrected chi connectivity index (χ1v) is 11.4. The highest BCUT2D eigenvalue weighted by Gasteiger charge is 2.24. The van der Waals surface area contributed by atoms with Crippen LogP contribution in [0.15, 0.2) is 83.8 Å². The molecule has 1 unspecified atom stereocenters. The van der Waals surface area contributed by atoms with Crippen molar-refractivity contribution >= 4 is 27.6 Å². The van der Waals surface area contributed by atoms with Gasteiger partial charge in [0.1, 0.15) is 12.4 Å². The van der Waals surface area contributed by atoms with E-state index in [0.29, 0.717) is 17.0 Å². The summed E-state index contributed by atoms with van der Waals surface area (Å²) in [5, 5.41) is 19.3. The van der Waals surface area contributed by atoms with E-state index in [9.17, 15) is 18.3 Å². The van der Waals surface area contributed by atoms with Crippen molar-refractivity contribution in [2.24, 2.45) is 5.73 Å². The van der Waals surface area contributed by atoms with Crippen molar-refractivity contribution in [3.05, 3.63) is 90.0 Å². The van der Waals surface area contributed by atoms with Gasteiger partial charge in [-0.1, -0.05) is 42.5 Å². The number of carbonyl (C=O) groups is 1. The molecule has 0 saturated carbocycles. The van der Waals surface area contributed by atoms with Crippen molar-refractivity contribution in [1.29, 1.82) is 5.41 Å². The number of rotatable bonds is 10. The van der Waals surface area contributed by atoms with E-state index in [-0.39, 0.29) is 17.5 Å². The number of nitrogens with two attached hydrogens (primary N) is 1. The lowest BCUT2D eigenvalue weighted by Crippen LogP contribution is -2.30. The summed E-state index contributed by atoms with van der Waals surface area (Å²) >= 11 is 0. The molecule has 0 spiro atoms. The molecular formula is C23H24N4O5S. The van der Waals surface area contributed by atoms with Gasteiger partial charge in [-0.15, -0.1) is 0 Å². The highest BCUT2D eigenvalue weighted by Crippen LogP contribution is 2.25. The number of nitrogens with one attached hydrogen (secondary N) is 3. The molecule has 3 rings (SSSR count). The van der Waals surface area contributed by atoms with Gasteiger partial charge in [0.25, 0.3) is 0 Å². The number of guanidine groups is 1. The molecule has 0 heterocycles. The molecule has 0 aliphatic heterocycles. The summed E-state index contributed by atoms with van der Waals surface area (Å²) in [6.45, 7) is 0.205. The van der Waals surface area contributed by atoms with Gasteiger partial charge in [0.05, 0.1) is 17.4 Å². The molecule has 0 bridgehead atoms. The maximum Gasteiger partial charge on any atom is 0.305 e. The number of aliphatic carboxylic acids is 1. The number of hydrogen-bond acceptors (Lipinski definition) is 5. The van der Waals surface area contributed by atoms with Gasteiger partial charge in [0.15, 0.2) is 5.96 Å². The molecule has 0 saturated heterocycles. The predicted molar refractivity (Wildman–Crippen MR) is 125 cm³/mol. The van der Waals surface area contributed by atoms with Crippen LogP contribution < -0.4 is 20.5 Å². The van der Waals surface area contributed by atoms with Gasteiger partial charge in [-0.25, -0.2) is 13.1 Å². The van der Waals surface area contributed by atoms with Gasteiger partial charge < -0.3 is 20.9 Å². The maximum absolute atomic E-state index is 12.7. The van der Waals surface area contributed by atoms with Gasteiger partial charge in [-0.2, -0.15) is 0 Å². The molecule has 0 aliphatic carbocycles. The molecule has 1 atom stereocenters. The Labute approximate surface area is 191 Å². The van der Waals surface area contributed by atoms with Gasteiger partial charge >= 0.3 is 5.97 Å². The zero-order valence-corrected chi connectivity index (χ0v) is 18.4. The summed E-state index contributed by atoms with van der Waals surface area (Å²) < 4.78 is 33.8. The van der Waals surface area contributed by atoms with Crippen LogP contribution in [0.3, 0.4) is 0 Å². The molecule has 172 valence electrons. The van der Waals surface area contributed by atoms with Gasteiger partial charge in [-0.05, 0) is 47.5 Å². The van der Waals surface area contributed by atoms with Crippen molar-refractivity contribution in [1.82, 2.24) is 4.72 Å². The monoisotopic (exact) mass is 468 g/mol. The number of carboxylic acids is 1. The number of hydrogen-bond donors (Lipinski definition) is 5. The highest BCUT2D eigenvalue weighted by atomic mass is 32.2. The van der Waals surface area contributed by atoms with Crippen molar-refractivity contribution in [2.45, 2.75) is 24.0 Å². The van der Waals surface area contributed by atoms with Crippen LogP contribution in [0.5, 0.6) is 5.75 Å². The van der Waals surface area contributed by atoms with Crippen molar-refractivity contribution in [3.8, 4) is 5.75 Å². The third kappa shape index (κ3) is 7.06. The number of benzene rings is 3. The minimum absolute atomic E-state index is 0.0480. The van der Waals surface area contributed by atoms with Crippen molar-refractivity contribution in [3.63, 3.8) is 0 Å². The van der Waals surface area contributed by atoms with Crippen LogP contribution >= 0.6 is 0 Å². The van der Waals surface area contributed by atoms with E-state index in [1.807, 2.05) is 6.07 Å². The number of sulfonamides is 1. The number of carboxylic acid groups (broad SMARTS) is 1. The normalized spacial score (nSPS) is 12.0. The Balaban J connectivity index is 1.77. The minimum Gasteiger partial charge on any atom is -0.489 e. The highest BCUT2D eigenvalue weighted by molar-refractivity contribution is 7.89. The first-order chi connectivity index (χ1) is 15.7. The van der Waals surface area contributed by atoms with Crippen LogP contribution in [0.4, 0.5) is 5.69 Å². The van der Waals surface area contributed by atoms with Crippen LogP contribution in [0.2, 0.25) is 0 Å². The van der Waals surface area contributed by atoms with Gasteiger partial charge in [0, 0.05) is 5.69 Å². The molecule has 6 N–H and O–H groups in total. The fourth-order valence-electron chi connectivity index (χ4n) is 3.14. The third-order valence-electron chi connectivity index (χ3n) is 4.60. The van der Waals surface area contributed by atoms with E-state index in [1.165, 1.54) is 12.1 Å². The summed E-state index contributed by atoms with van der Waals surface area (Å²) in [6, 6.07) is 20.6. The Kier molecular flexibility index (Phi) is 7.65. The van der Waals surface area contributed by atoms with Crippen molar-refractivity contribution < 1.29 is 23.1 Å². The Morgan fingerprint density at radius 1 is 1.03 bits per heavy atom. The molecule has 3 aromatic rings. The van der Waals surface area contributed by atoms with Crippen LogP contribution in [-0.4, -0.2) is 25.5 Å². The van der Waals surface area contributed by atoms with Crippen LogP contribution in [0.25, 0.3) is 0 Å². The molecule has 9 nitrogen and oxygen atoms in total. The summed E-state index contributed by atoms with van der Waals surface area (Å²) in [5.74, 6) is -0.869. The lowest BCUT2D eigenvalue weighted by atomic mass is 10.0. The second-order valence-corrected chi connectivity index (χ2v) is 8.90. The number of ether oxygens (including phenoxy) is 1. The molecule has 0 amide bonds. The zero-order chi connectivity index (χ0) is 23.8. The molecule has 3 aromatic carbocycles. The smallest absolute Gasteiger partial charge is 0.305 e. The molecular weight excluding hydrogens is 444 g/mol. The van der Waals surface area contributed by atoms with E-state index < -0.39 is 28.5 Å². The first kappa shape index (κ1) is 23.8. The Morgan fingerprint density at radius 2 is 1.76 bits per heavy atom. The summed E-state index contributed by atoms with van der Waals surface area (Å²) in [4.78, 5) is 11.5. The molecule has 0 aromatic heterocycles. The minimum atomic E-state index is -3.92. The molecule has 0 aliphatic rings. The maximum atomic E-state index is 12.7. The van der Waals surface area contributed by atoms with E-state index >= 15 is 0 Å². The SMILES string of the molecule is N=C(N)Nc1cccc(COc2cccc(C(CC(=O)O)NS(=O)(=O)c3ccccc3)c2)c1. The van der Waals surface area contributed by atoms with E-state index in [1.54, 1.807) is 60.7 Å². The average Bonchev–Trinajstić information content (AvgIpc) is 2.77. The van der Waals surface area contributed by atoms with Crippen molar-refractivity contribution in [2.75, 3.05) is 5.32 Å². The van der Waals surface area contributed by atoms with Crippen LogP contribution in [0, 0.1) is 5.41 Å². The van der Waals surface area contributed by atoms with E-state index in [2.05, 4.69) is 10.0 Å². The Hall–Kier alpha value is -3.89. The van der Waals surface area contributed by atoms with Crippen LogP contribution in [0.1, 0.15) is 23.6 Å². The predicted octanol–water partition coefficient (Wildman–Crippen LogP) is 3.07. The first-order valence-electron chi connectivity index (χ1n) is 9.95. The zero-order valence-electron chi connectivity index (χ0n) is 17.6. The lowest BCUT2D eigenvalue weighted by molar-refractivity contribution is -0.137. The second-order valence-electron chi connectivity index (χ2n) is 7.19. The number of anilines is 1. The average molecular weight is 469 g/mol. The summed E-state index contributed by atoms with van der Waals surface area (Å²) in [5.41, 5.74) is 7.28. The second kappa shape index (κ2) is 10.6. The Bertz CT molecular complexity index is 1230. The van der Waals surface area contributed by atoms with Crippen LogP contribution in [-0.2, 0) is 21.4 Å². The fraction of sp³-hybridized carbons (Fsp3) is 0.130. The van der Waals surface area contributed by atoms with Gasteiger partial charge in [-0.3, -0.25) is 10.2 Å². The summed E-state index contributed by atoms with van der Waals surface area (Å²) in [7, 11) is -3.92. The fourth-order valence-corrected chi connectivity index (χ4v) is 4.38. The quantitative estimate of drug-likeness (QED) is 0.226. The molecule has 33 heavy (non-hydrogen) atoms. The Morgan fingerprint density at radius 3 is 2.45 bits per heavy atom. The largest absolute Gasteiger partial charge is 0.489 e. The molecule has 0 fully saturated rings. The third-order valence-corrected chi connectivity index (χ3v) is 6.09. The van der Waals surface area contributed by atoms with Gasteiger partial charge in [0.2, 0.25) is 10.0 Å². The molecule has 0 radical (unpaired) electrons.